The van der Waals surface area contributed by atoms with Crippen LogP contribution in [0.2, 0.25) is 0 Å². The molecule has 1 heterocycles. The van der Waals surface area contributed by atoms with Crippen LogP contribution in [0.5, 0.6) is 0 Å². The van der Waals surface area contributed by atoms with E-state index >= 15 is 0 Å². The Bertz CT molecular complexity index is 807. The molecule has 0 atom stereocenters. The minimum absolute atomic E-state index is 0.0119. The minimum atomic E-state index is -0.414. The molecule has 0 aliphatic rings. The molecule has 0 N–H and O–H groups in total. The lowest BCUT2D eigenvalue weighted by molar-refractivity contribution is 0.0518. The van der Waals surface area contributed by atoms with Crippen molar-refractivity contribution in [3.8, 4) is 5.69 Å². The molecule has 2 aromatic rings. The molecule has 0 saturated carbocycles. The van der Waals surface area contributed by atoms with E-state index in [4.69, 9.17) is 4.74 Å². The van der Waals surface area contributed by atoms with E-state index in [9.17, 15) is 9.59 Å². The van der Waals surface area contributed by atoms with Crippen molar-refractivity contribution in [2.45, 2.75) is 59.3 Å². The van der Waals surface area contributed by atoms with Crippen molar-refractivity contribution in [1.82, 2.24) is 14.7 Å². The summed E-state index contributed by atoms with van der Waals surface area (Å²) in [5.74, 6) is -0.118. The van der Waals surface area contributed by atoms with E-state index in [-0.39, 0.29) is 11.8 Å². The summed E-state index contributed by atoms with van der Waals surface area (Å²) in [5, 5.41) is 4.51. The molecule has 1 aromatic heterocycles. The Hall–Kier alpha value is -2.63. The van der Waals surface area contributed by atoms with Crippen LogP contribution < -0.4 is 0 Å². The van der Waals surface area contributed by atoms with Crippen molar-refractivity contribution < 1.29 is 14.3 Å². The smallest absolute Gasteiger partial charge is 0.358 e. The van der Waals surface area contributed by atoms with Crippen molar-refractivity contribution in [2.24, 2.45) is 0 Å². The SMILES string of the molecule is CCCCN(C)C(=O)c1ccc(-n2nc(C(=O)OCC)cc2C(CC)CC)cc1. The topological polar surface area (TPSA) is 64.4 Å². The first-order valence-corrected chi connectivity index (χ1v) is 10.6. The van der Waals surface area contributed by atoms with Crippen molar-refractivity contribution in [3.63, 3.8) is 0 Å². The van der Waals surface area contributed by atoms with Gasteiger partial charge in [0.05, 0.1) is 12.3 Å². The third-order valence-electron chi connectivity index (χ3n) is 5.18. The quantitative estimate of drug-likeness (QED) is 0.537. The summed E-state index contributed by atoms with van der Waals surface area (Å²) < 4.78 is 6.93. The maximum atomic E-state index is 12.6. The van der Waals surface area contributed by atoms with Crippen LogP contribution in [0.1, 0.15) is 85.8 Å². The molecule has 2 rings (SSSR count). The van der Waals surface area contributed by atoms with Crippen LogP contribution >= 0.6 is 0 Å². The minimum Gasteiger partial charge on any atom is -0.461 e. The van der Waals surface area contributed by atoms with Gasteiger partial charge in [0.25, 0.3) is 5.91 Å². The molecule has 0 aliphatic heterocycles. The zero-order valence-electron chi connectivity index (χ0n) is 18.3. The third kappa shape index (κ3) is 5.46. The molecule has 6 heteroatoms. The molecule has 0 spiro atoms. The van der Waals surface area contributed by atoms with E-state index in [1.54, 1.807) is 16.5 Å². The van der Waals surface area contributed by atoms with E-state index in [2.05, 4.69) is 25.9 Å². The summed E-state index contributed by atoms with van der Waals surface area (Å²) >= 11 is 0. The maximum absolute atomic E-state index is 12.6. The molecule has 6 nitrogen and oxygen atoms in total. The highest BCUT2D eigenvalue weighted by atomic mass is 16.5. The number of unbranched alkanes of at least 4 members (excludes halogenated alkanes) is 1. The van der Waals surface area contributed by atoms with Crippen LogP contribution in [0.25, 0.3) is 5.69 Å². The van der Waals surface area contributed by atoms with Crippen LogP contribution in [0.3, 0.4) is 0 Å². The highest BCUT2D eigenvalue weighted by Gasteiger charge is 2.21. The summed E-state index contributed by atoms with van der Waals surface area (Å²) in [5.41, 5.74) is 2.77. The molecule has 0 radical (unpaired) electrons. The third-order valence-corrected chi connectivity index (χ3v) is 5.18. The first-order chi connectivity index (χ1) is 14.0. The number of rotatable bonds is 10. The molecule has 1 aromatic carbocycles. The first kappa shape index (κ1) is 22.7. The maximum Gasteiger partial charge on any atom is 0.358 e. The van der Waals surface area contributed by atoms with Gasteiger partial charge in [0, 0.05) is 30.8 Å². The second-order valence-corrected chi connectivity index (χ2v) is 7.23. The number of hydrogen-bond acceptors (Lipinski definition) is 4. The van der Waals surface area contributed by atoms with Gasteiger partial charge in [-0.25, -0.2) is 9.48 Å². The molecular weight excluding hydrogens is 366 g/mol. The predicted molar refractivity (Wildman–Crippen MR) is 115 cm³/mol. The fourth-order valence-electron chi connectivity index (χ4n) is 3.37. The molecule has 0 saturated heterocycles. The summed E-state index contributed by atoms with van der Waals surface area (Å²) in [6.07, 6.45) is 3.94. The second-order valence-electron chi connectivity index (χ2n) is 7.23. The van der Waals surface area contributed by atoms with Gasteiger partial charge >= 0.3 is 5.97 Å². The van der Waals surface area contributed by atoms with Crippen LogP contribution in [-0.2, 0) is 4.74 Å². The molecule has 0 unspecified atom stereocenters. The van der Waals surface area contributed by atoms with Crippen molar-refractivity contribution >= 4 is 11.9 Å². The Balaban J connectivity index is 2.35. The summed E-state index contributed by atoms with van der Waals surface area (Å²) in [6, 6.07) is 9.24. The first-order valence-electron chi connectivity index (χ1n) is 10.6. The highest BCUT2D eigenvalue weighted by Crippen LogP contribution is 2.27. The van der Waals surface area contributed by atoms with Gasteiger partial charge in [-0.1, -0.05) is 27.2 Å². The number of carbonyl (C=O) groups is 2. The van der Waals surface area contributed by atoms with E-state index in [0.717, 1.165) is 43.6 Å². The number of aromatic nitrogens is 2. The number of esters is 1. The number of carbonyl (C=O) groups excluding carboxylic acids is 2. The standard InChI is InChI=1S/C23H33N3O3/c1-6-10-15-25(5)22(27)18-11-13-19(14-12-18)26-21(17(7-2)8-3)16-20(24-26)23(28)29-9-4/h11-14,16-17H,6-10,15H2,1-5H3. The average molecular weight is 400 g/mol. The van der Waals surface area contributed by atoms with E-state index in [1.807, 2.05) is 37.4 Å². The van der Waals surface area contributed by atoms with Gasteiger partial charge < -0.3 is 9.64 Å². The van der Waals surface area contributed by atoms with Gasteiger partial charge in [-0.05, 0) is 56.5 Å². The molecule has 0 bridgehead atoms. The molecular formula is C23H33N3O3. The van der Waals surface area contributed by atoms with Crippen LogP contribution in [0.4, 0.5) is 0 Å². The molecule has 1 amide bonds. The second kappa shape index (κ2) is 10.8. The Kier molecular flexibility index (Phi) is 8.43. The van der Waals surface area contributed by atoms with Crippen molar-refractivity contribution in [2.75, 3.05) is 20.2 Å². The van der Waals surface area contributed by atoms with E-state index in [0.29, 0.717) is 17.9 Å². The number of amides is 1. The zero-order chi connectivity index (χ0) is 21.4. The van der Waals surface area contributed by atoms with Gasteiger partial charge in [-0.15, -0.1) is 0 Å². The Morgan fingerprint density at radius 3 is 2.31 bits per heavy atom. The predicted octanol–water partition coefficient (Wildman–Crippen LogP) is 4.82. The fraction of sp³-hybridized carbons (Fsp3) is 0.522. The number of ether oxygens (including phenoxy) is 1. The highest BCUT2D eigenvalue weighted by molar-refractivity contribution is 5.94. The van der Waals surface area contributed by atoms with Crippen molar-refractivity contribution in [1.29, 1.82) is 0 Å². The molecule has 158 valence electrons. The van der Waals surface area contributed by atoms with Gasteiger partial charge in [-0.3, -0.25) is 4.79 Å². The summed E-state index contributed by atoms with van der Waals surface area (Å²) in [6.45, 7) is 9.21. The van der Waals surface area contributed by atoms with Crippen molar-refractivity contribution in [3.05, 3.63) is 47.3 Å². The van der Waals surface area contributed by atoms with Gasteiger partial charge in [0.15, 0.2) is 5.69 Å². The van der Waals surface area contributed by atoms with E-state index < -0.39 is 5.97 Å². The van der Waals surface area contributed by atoms with Gasteiger partial charge in [0.1, 0.15) is 0 Å². The summed E-state index contributed by atoms with van der Waals surface area (Å²) in [7, 11) is 1.83. The lowest BCUT2D eigenvalue weighted by Gasteiger charge is -2.18. The van der Waals surface area contributed by atoms with E-state index in [1.165, 1.54) is 0 Å². The lowest BCUT2D eigenvalue weighted by atomic mass is 9.99. The number of benzene rings is 1. The molecule has 0 fully saturated rings. The largest absolute Gasteiger partial charge is 0.461 e. The van der Waals surface area contributed by atoms with Crippen LogP contribution in [0.15, 0.2) is 30.3 Å². The summed E-state index contributed by atoms with van der Waals surface area (Å²) in [4.78, 5) is 26.5. The number of nitrogens with zero attached hydrogens (tertiary/aromatic N) is 3. The normalized spacial score (nSPS) is 11.0. The van der Waals surface area contributed by atoms with Crippen LogP contribution in [0, 0.1) is 0 Å². The Morgan fingerprint density at radius 1 is 1.10 bits per heavy atom. The fourth-order valence-corrected chi connectivity index (χ4v) is 3.37. The number of hydrogen-bond donors (Lipinski definition) is 0. The average Bonchev–Trinajstić information content (AvgIpc) is 3.18. The zero-order valence-corrected chi connectivity index (χ0v) is 18.3. The molecule has 29 heavy (non-hydrogen) atoms. The lowest BCUT2D eigenvalue weighted by Crippen LogP contribution is -2.27. The van der Waals surface area contributed by atoms with Gasteiger partial charge in [-0.2, -0.15) is 5.10 Å². The van der Waals surface area contributed by atoms with Crippen LogP contribution in [-0.4, -0.2) is 46.8 Å². The Labute approximate surface area is 173 Å². The monoisotopic (exact) mass is 399 g/mol. The van der Waals surface area contributed by atoms with Gasteiger partial charge in [0.2, 0.25) is 0 Å². The Morgan fingerprint density at radius 2 is 1.76 bits per heavy atom. The molecule has 0 aliphatic carbocycles.